The summed E-state index contributed by atoms with van der Waals surface area (Å²) in [5.74, 6) is 0.931. The molecule has 2 aromatic heterocycles. The van der Waals surface area contributed by atoms with Crippen LogP contribution in [0.4, 0.5) is 0 Å². The zero-order valence-electron chi connectivity index (χ0n) is 14.8. The van der Waals surface area contributed by atoms with Crippen molar-refractivity contribution in [3.8, 4) is 5.75 Å². The molecule has 0 amide bonds. The molecule has 0 radical (unpaired) electrons. The van der Waals surface area contributed by atoms with E-state index in [0.717, 1.165) is 17.5 Å². The lowest BCUT2D eigenvalue weighted by molar-refractivity contribution is 0.294. The Balaban J connectivity index is 1.62. The highest BCUT2D eigenvalue weighted by molar-refractivity contribution is 5.81. The largest absolute Gasteiger partial charge is 0.482 e. The Hall–Kier alpha value is -2.62. The van der Waals surface area contributed by atoms with E-state index in [1.807, 2.05) is 24.3 Å². The first-order valence-corrected chi connectivity index (χ1v) is 9.36. The summed E-state index contributed by atoms with van der Waals surface area (Å²) in [4.78, 5) is 17.0. The molecule has 0 spiro atoms. The quantitative estimate of drug-likeness (QED) is 0.658. The Labute approximate surface area is 152 Å². The SMILES string of the molecule is O=c1c(OCc2ccncc2)coc2cccc(CC3CCCCC3)c12. The van der Waals surface area contributed by atoms with E-state index in [9.17, 15) is 4.79 Å². The lowest BCUT2D eigenvalue weighted by atomic mass is 9.84. The number of rotatable bonds is 5. The number of aromatic nitrogens is 1. The van der Waals surface area contributed by atoms with Crippen LogP contribution >= 0.6 is 0 Å². The van der Waals surface area contributed by atoms with Crippen molar-refractivity contribution in [2.75, 3.05) is 0 Å². The molecule has 1 aliphatic rings. The number of hydrogen-bond acceptors (Lipinski definition) is 4. The molecule has 0 aliphatic heterocycles. The Morgan fingerprint density at radius 2 is 1.88 bits per heavy atom. The maximum absolute atomic E-state index is 13.0. The van der Waals surface area contributed by atoms with Crippen molar-refractivity contribution in [3.63, 3.8) is 0 Å². The fourth-order valence-corrected chi connectivity index (χ4v) is 3.84. The summed E-state index contributed by atoms with van der Waals surface area (Å²) in [6.07, 6.45) is 12.2. The zero-order chi connectivity index (χ0) is 17.8. The van der Waals surface area contributed by atoms with E-state index in [1.165, 1.54) is 38.4 Å². The van der Waals surface area contributed by atoms with Gasteiger partial charge in [-0.1, -0.05) is 44.2 Å². The van der Waals surface area contributed by atoms with Gasteiger partial charge in [0, 0.05) is 12.4 Å². The van der Waals surface area contributed by atoms with Crippen molar-refractivity contribution in [1.82, 2.24) is 4.98 Å². The van der Waals surface area contributed by atoms with Crippen LogP contribution in [0.5, 0.6) is 5.75 Å². The minimum Gasteiger partial charge on any atom is -0.482 e. The highest BCUT2D eigenvalue weighted by Crippen LogP contribution is 2.29. The van der Waals surface area contributed by atoms with E-state index in [0.29, 0.717) is 23.5 Å². The summed E-state index contributed by atoms with van der Waals surface area (Å²) in [7, 11) is 0. The molecule has 0 unspecified atom stereocenters. The number of benzene rings is 1. The van der Waals surface area contributed by atoms with Crippen LogP contribution in [0.25, 0.3) is 11.0 Å². The first-order valence-electron chi connectivity index (χ1n) is 9.36. The molecule has 26 heavy (non-hydrogen) atoms. The molecule has 4 rings (SSSR count). The molecular weight excluding hydrogens is 326 g/mol. The van der Waals surface area contributed by atoms with Crippen LogP contribution in [0.2, 0.25) is 0 Å². The molecule has 4 nitrogen and oxygen atoms in total. The number of fused-ring (bicyclic) bond motifs is 1. The summed E-state index contributed by atoms with van der Waals surface area (Å²) in [5.41, 5.74) is 2.61. The molecule has 0 N–H and O–H groups in total. The van der Waals surface area contributed by atoms with E-state index >= 15 is 0 Å². The molecule has 0 atom stereocenters. The van der Waals surface area contributed by atoms with Gasteiger partial charge >= 0.3 is 0 Å². The number of hydrogen-bond donors (Lipinski definition) is 0. The summed E-state index contributed by atoms with van der Waals surface area (Å²) in [6.45, 7) is 0.323. The molecular formula is C22H23NO3. The van der Waals surface area contributed by atoms with Crippen molar-refractivity contribution in [3.05, 3.63) is 70.3 Å². The molecule has 3 aromatic rings. The van der Waals surface area contributed by atoms with Gasteiger partial charge in [-0.2, -0.15) is 0 Å². The maximum atomic E-state index is 13.0. The van der Waals surface area contributed by atoms with E-state index in [2.05, 4.69) is 11.1 Å². The third kappa shape index (κ3) is 3.64. The van der Waals surface area contributed by atoms with Gasteiger partial charge in [0.15, 0.2) is 0 Å². The molecule has 1 aromatic carbocycles. The minimum atomic E-state index is -0.0771. The molecule has 2 heterocycles. The molecule has 0 saturated heterocycles. The standard InChI is InChI=1S/C22H23NO3/c24-22-20(25-14-17-9-11-23-12-10-17)15-26-19-8-4-7-18(21(19)22)13-16-5-2-1-3-6-16/h4,7-12,15-16H,1-3,5-6,13-14H2. The van der Waals surface area contributed by atoms with E-state index in [-0.39, 0.29) is 11.2 Å². The Morgan fingerprint density at radius 3 is 2.69 bits per heavy atom. The molecule has 1 saturated carbocycles. The van der Waals surface area contributed by atoms with Gasteiger partial charge in [-0.15, -0.1) is 0 Å². The number of pyridine rings is 1. The summed E-state index contributed by atoms with van der Waals surface area (Å²) < 4.78 is 11.4. The fraction of sp³-hybridized carbons (Fsp3) is 0.364. The highest BCUT2D eigenvalue weighted by atomic mass is 16.5. The van der Waals surface area contributed by atoms with Crippen LogP contribution < -0.4 is 10.2 Å². The van der Waals surface area contributed by atoms with Crippen LogP contribution in [-0.4, -0.2) is 4.98 Å². The van der Waals surface area contributed by atoms with Crippen molar-refractivity contribution >= 4 is 11.0 Å². The van der Waals surface area contributed by atoms with E-state index in [1.54, 1.807) is 12.4 Å². The van der Waals surface area contributed by atoms with Crippen LogP contribution in [0.15, 0.2) is 58.2 Å². The van der Waals surface area contributed by atoms with Crippen molar-refractivity contribution in [2.45, 2.75) is 45.1 Å². The third-order valence-corrected chi connectivity index (χ3v) is 5.23. The van der Waals surface area contributed by atoms with Crippen molar-refractivity contribution in [2.24, 2.45) is 5.92 Å². The average molecular weight is 349 g/mol. The van der Waals surface area contributed by atoms with Gasteiger partial charge in [-0.3, -0.25) is 9.78 Å². The normalized spacial score (nSPS) is 15.2. The monoisotopic (exact) mass is 349 g/mol. The molecule has 1 aliphatic carbocycles. The zero-order valence-corrected chi connectivity index (χ0v) is 14.8. The Bertz CT molecular complexity index is 927. The van der Waals surface area contributed by atoms with Gasteiger partial charge in [0.05, 0.1) is 5.39 Å². The number of ether oxygens (including phenoxy) is 1. The summed E-state index contributed by atoms with van der Waals surface area (Å²) in [6, 6.07) is 9.63. The highest BCUT2D eigenvalue weighted by Gasteiger charge is 2.18. The van der Waals surface area contributed by atoms with Crippen LogP contribution in [0.1, 0.15) is 43.2 Å². The van der Waals surface area contributed by atoms with Crippen LogP contribution in [0.3, 0.4) is 0 Å². The van der Waals surface area contributed by atoms with Crippen molar-refractivity contribution in [1.29, 1.82) is 0 Å². The topological polar surface area (TPSA) is 52.3 Å². The second-order valence-corrected chi connectivity index (χ2v) is 7.07. The second-order valence-electron chi connectivity index (χ2n) is 7.07. The van der Waals surface area contributed by atoms with Gasteiger partial charge in [0.25, 0.3) is 0 Å². The molecule has 4 heteroatoms. The minimum absolute atomic E-state index is 0.0771. The lowest BCUT2D eigenvalue weighted by Crippen LogP contribution is -2.13. The van der Waals surface area contributed by atoms with Crippen LogP contribution in [-0.2, 0) is 13.0 Å². The van der Waals surface area contributed by atoms with Crippen molar-refractivity contribution < 1.29 is 9.15 Å². The molecule has 1 fully saturated rings. The van der Waals surface area contributed by atoms with Gasteiger partial charge in [0.1, 0.15) is 18.5 Å². The van der Waals surface area contributed by atoms with Crippen LogP contribution in [0, 0.1) is 5.92 Å². The van der Waals surface area contributed by atoms with Gasteiger partial charge in [0.2, 0.25) is 11.2 Å². The smallest absolute Gasteiger partial charge is 0.234 e. The third-order valence-electron chi connectivity index (χ3n) is 5.23. The molecule has 0 bridgehead atoms. The summed E-state index contributed by atoms with van der Waals surface area (Å²) >= 11 is 0. The molecule has 134 valence electrons. The maximum Gasteiger partial charge on any atom is 0.234 e. The summed E-state index contributed by atoms with van der Waals surface area (Å²) in [5, 5.41) is 0.672. The first kappa shape index (κ1) is 16.8. The van der Waals surface area contributed by atoms with E-state index in [4.69, 9.17) is 9.15 Å². The fourth-order valence-electron chi connectivity index (χ4n) is 3.84. The predicted molar refractivity (Wildman–Crippen MR) is 101 cm³/mol. The lowest BCUT2D eigenvalue weighted by Gasteiger charge is -2.22. The van der Waals surface area contributed by atoms with Gasteiger partial charge < -0.3 is 9.15 Å². The Morgan fingerprint density at radius 1 is 1.08 bits per heavy atom. The second kappa shape index (κ2) is 7.73. The first-order chi connectivity index (χ1) is 12.8. The Kier molecular flexibility index (Phi) is 5.00. The van der Waals surface area contributed by atoms with E-state index < -0.39 is 0 Å². The average Bonchev–Trinajstić information content (AvgIpc) is 2.69. The van der Waals surface area contributed by atoms with Gasteiger partial charge in [-0.05, 0) is 41.7 Å². The predicted octanol–water partition coefficient (Wildman–Crippen LogP) is 4.89. The van der Waals surface area contributed by atoms with Gasteiger partial charge in [-0.25, -0.2) is 0 Å². The number of nitrogens with zero attached hydrogens (tertiary/aromatic N) is 1.